The highest BCUT2D eigenvalue weighted by atomic mass is 35.5. The normalized spacial score (nSPS) is 14.1. The fraction of sp³-hybridized carbons (Fsp3) is 0.222. The number of amides is 1. The van der Waals surface area contributed by atoms with Crippen LogP contribution in [-0.4, -0.2) is 41.6 Å². The largest absolute Gasteiger partial charge is 0.534 e. The van der Waals surface area contributed by atoms with E-state index in [2.05, 4.69) is 9.50 Å². The van der Waals surface area contributed by atoms with Gasteiger partial charge < -0.3 is 13.9 Å². The molecule has 1 N–H and O–H groups in total. The van der Waals surface area contributed by atoms with Crippen LogP contribution in [-0.2, 0) is 20.1 Å². The van der Waals surface area contributed by atoms with Crippen LogP contribution in [0.2, 0.25) is 5.02 Å². The number of nitrogens with one attached hydrogen (secondary N) is 1. The molecule has 43 heavy (non-hydrogen) atoms. The lowest BCUT2D eigenvalue weighted by atomic mass is 10.00. The Bertz CT molecular complexity index is 1970. The molecule has 4 aromatic rings. The van der Waals surface area contributed by atoms with Gasteiger partial charge in [0, 0.05) is 35.2 Å². The molecule has 16 heteroatoms. The zero-order valence-electron chi connectivity index (χ0n) is 22.2. The maximum atomic E-state index is 14.9. The SMILES string of the molecule is CNC(=O)c1c(-c2ccc(Cl)cc2)oc2cc(N(c3ccc(OS(=O)(=O)C(F)(F)F)c(F)c3)S(C)(=O)=O)c(C3CC3)cc12. The molecular weight excluding hydrogens is 640 g/mol. The summed E-state index contributed by atoms with van der Waals surface area (Å²) in [6, 6.07) is 11.5. The van der Waals surface area contributed by atoms with Crippen LogP contribution < -0.4 is 13.8 Å². The van der Waals surface area contributed by atoms with Crippen LogP contribution in [0.15, 0.2) is 59.0 Å². The number of carbonyl (C=O) groups is 1. The summed E-state index contributed by atoms with van der Waals surface area (Å²) in [5.74, 6) is -3.24. The first-order valence-electron chi connectivity index (χ1n) is 12.4. The maximum absolute atomic E-state index is 14.9. The first kappa shape index (κ1) is 30.6. The second-order valence-electron chi connectivity index (χ2n) is 9.70. The van der Waals surface area contributed by atoms with E-state index in [-0.39, 0.29) is 34.2 Å². The summed E-state index contributed by atoms with van der Waals surface area (Å²) in [5.41, 5.74) is -4.80. The first-order chi connectivity index (χ1) is 20.0. The van der Waals surface area contributed by atoms with Crippen molar-refractivity contribution >= 4 is 60.0 Å². The van der Waals surface area contributed by atoms with Gasteiger partial charge in [0.1, 0.15) is 11.3 Å². The summed E-state index contributed by atoms with van der Waals surface area (Å²) in [7, 11) is -8.99. The minimum Gasteiger partial charge on any atom is -0.455 e. The number of sulfonamides is 1. The summed E-state index contributed by atoms with van der Waals surface area (Å²) in [5, 5.41) is 3.40. The Morgan fingerprint density at radius 3 is 2.23 bits per heavy atom. The highest BCUT2D eigenvalue weighted by Gasteiger charge is 2.49. The average molecular weight is 661 g/mol. The number of hydrogen-bond acceptors (Lipinski definition) is 7. The molecule has 9 nitrogen and oxygen atoms in total. The fourth-order valence-corrected chi connectivity index (χ4v) is 6.16. The number of alkyl halides is 3. The summed E-state index contributed by atoms with van der Waals surface area (Å²) in [4.78, 5) is 13.0. The number of rotatable bonds is 8. The first-order valence-corrected chi connectivity index (χ1v) is 16.0. The van der Waals surface area contributed by atoms with E-state index < -0.39 is 43.1 Å². The lowest BCUT2D eigenvalue weighted by molar-refractivity contribution is -0.0500. The van der Waals surface area contributed by atoms with E-state index in [4.69, 9.17) is 16.0 Å². The molecule has 1 amide bonds. The Kier molecular flexibility index (Phi) is 7.63. The van der Waals surface area contributed by atoms with Crippen LogP contribution in [0, 0.1) is 5.82 Å². The number of anilines is 2. The molecule has 0 saturated heterocycles. The summed E-state index contributed by atoms with van der Waals surface area (Å²) in [6.45, 7) is 0. The highest BCUT2D eigenvalue weighted by Crippen LogP contribution is 2.49. The molecule has 0 unspecified atom stereocenters. The number of carbonyl (C=O) groups excluding carboxylic acids is 1. The number of hydrogen-bond donors (Lipinski definition) is 1. The zero-order valence-corrected chi connectivity index (χ0v) is 24.6. The molecule has 0 radical (unpaired) electrons. The third kappa shape index (κ3) is 5.88. The Hall–Kier alpha value is -3.82. The van der Waals surface area contributed by atoms with E-state index in [0.717, 1.165) is 16.6 Å². The number of benzene rings is 3. The van der Waals surface area contributed by atoms with Crippen LogP contribution in [0.4, 0.5) is 28.9 Å². The van der Waals surface area contributed by atoms with Gasteiger partial charge in [-0.05, 0) is 66.8 Å². The van der Waals surface area contributed by atoms with E-state index in [0.29, 0.717) is 46.5 Å². The zero-order chi connectivity index (χ0) is 31.5. The second kappa shape index (κ2) is 10.7. The lowest BCUT2D eigenvalue weighted by Crippen LogP contribution is -2.28. The Balaban J connectivity index is 1.70. The Morgan fingerprint density at radius 1 is 1.05 bits per heavy atom. The van der Waals surface area contributed by atoms with Crippen LogP contribution in [0.5, 0.6) is 5.75 Å². The molecule has 5 rings (SSSR count). The Morgan fingerprint density at radius 2 is 1.70 bits per heavy atom. The van der Waals surface area contributed by atoms with Crippen molar-refractivity contribution in [2.24, 2.45) is 0 Å². The van der Waals surface area contributed by atoms with Crippen molar-refractivity contribution in [3.8, 4) is 17.1 Å². The van der Waals surface area contributed by atoms with E-state index in [1.165, 1.54) is 13.1 Å². The molecular formula is C27H21ClF4N2O7S2. The predicted octanol–water partition coefficient (Wildman–Crippen LogP) is 6.46. The molecule has 1 fully saturated rings. The van der Waals surface area contributed by atoms with Crippen molar-refractivity contribution in [1.82, 2.24) is 5.32 Å². The second-order valence-corrected chi connectivity index (χ2v) is 13.5. The molecule has 228 valence electrons. The van der Waals surface area contributed by atoms with Crippen LogP contribution in [0.3, 0.4) is 0 Å². The quantitative estimate of drug-likeness (QED) is 0.131. The van der Waals surface area contributed by atoms with Gasteiger partial charge in [0.15, 0.2) is 11.6 Å². The average Bonchev–Trinajstić information content (AvgIpc) is 3.69. The standard InChI is InChI=1S/C27H21ClF4N2O7S2/c1-33-26(35)24-19-12-18(14-3-4-14)21(13-23(19)40-25(24)15-5-7-16(28)8-6-15)34(42(2,36)37)17-9-10-22(20(29)11-17)41-43(38,39)27(30,31)32/h5-14H,3-4H2,1-2H3,(H,33,35). The van der Waals surface area contributed by atoms with Gasteiger partial charge in [-0.15, -0.1) is 0 Å². The van der Waals surface area contributed by atoms with Crippen molar-refractivity contribution in [2.75, 3.05) is 17.6 Å². The molecule has 0 aliphatic heterocycles. The lowest BCUT2D eigenvalue weighted by Gasteiger charge is -2.25. The van der Waals surface area contributed by atoms with Crippen LogP contribution in [0.25, 0.3) is 22.3 Å². The van der Waals surface area contributed by atoms with Crippen LogP contribution >= 0.6 is 11.6 Å². The molecule has 1 aliphatic carbocycles. The number of halogens is 5. The van der Waals surface area contributed by atoms with Crippen molar-refractivity contribution in [1.29, 1.82) is 0 Å². The minimum atomic E-state index is -6.18. The van der Waals surface area contributed by atoms with Crippen molar-refractivity contribution in [2.45, 2.75) is 24.3 Å². The molecule has 1 aliphatic rings. The van der Waals surface area contributed by atoms with Gasteiger partial charge >= 0.3 is 15.6 Å². The number of fused-ring (bicyclic) bond motifs is 1. The van der Waals surface area contributed by atoms with Gasteiger partial charge in [0.05, 0.1) is 23.2 Å². The van der Waals surface area contributed by atoms with Gasteiger partial charge in [-0.3, -0.25) is 4.79 Å². The smallest absolute Gasteiger partial charge is 0.455 e. The highest BCUT2D eigenvalue weighted by molar-refractivity contribution is 7.92. The summed E-state index contributed by atoms with van der Waals surface area (Å²) in [6.07, 6.45) is 2.20. The van der Waals surface area contributed by atoms with E-state index in [1.807, 2.05) is 0 Å². The summed E-state index contributed by atoms with van der Waals surface area (Å²) >= 11 is 6.01. The maximum Gasteiger partial charge on any atom is 0.534 e. The van der Waals surface area contributed by atoms with Crippen molar-refractivity contribution in [3.05, 3.63) is 76.6 Å². The monoisotopic (exact) mass is 660 g/mol. The van der Waals surface area contributed by atoms with Crippen molar-refractivity contribution in [3.63, 3.8) is 0 Å². The third-order valence-electron chi connectivity index (χ3n) is 6.60. The predicted molar refractivity (Wildman–Crippen MR) is 151 cm³/mol. The fourth-order valence-electron chi connectivity index (χ4n) is 4.56. The number of nitrogens with zero attached hydrogens (tertiary/aromatic N) is 1. The molecule has 0 atom stereocenters. The number of furan rings is 1. The molecule has 3 aromatic carbocycles. The third-order valence-corrected chi connectivity index (χ3v) is 8.89. The Labute approximate surface area is 248 Å². The van der Waals surface area contributed by atoms with Gasteiger partial charge in [0.2, 0.25) is 10.0 Å². The van der Waals surface area contributed by atoms with Gasteiger partial charge in [-0.25, -0.2) is 17.1 Å². The van der Waals surface area contributed by atoms with Crippen molar-refractivity contribution < 1.29 is 47.8 Å². The van der Waals surface area contributed by atoms with E-state index in [9.17, 15) is 39.2 Å². The van der Waals surface area contributed by atoms with Crippen LogP contribution in [0.1, 0.15) is 34.7 Å². The topological polar surface area (TPSA) is 123 Å². The van der Waals surface area contributed by atoms with Gasteiger partial charge in [-0.2, -0.15) is 21.6 Å². The molecule has 0 spiro atoms. The van der Waals surface area contributed by atoms with Gasteiger partial charge in [0.25, 0.3) is 5.91 Å². The minimum absolute atomic E-state index is 0.0494. The molecule has 1 heterocycles. The van der Waals surface area contributed by atoms with E-state index >= 15 is 0 Å². The van der Waals surface area contributed by atoms with E-state index in [1.54, 1.807) is 30.3 Å². The molecule has 1 aromatic heterocycles. The van der Waals surface area contributed by atoms with Gasteiger partial charge in [-0.1, -0.05) is 11.6 Å². The molecule has 1 saturated carbocycles. The molecule has 0 bridgehead atoms. The summed E-state index contributed by atoms with van der Waals surface area (Å²) < 4.78 is 113.